The summed E-state index contributed by atoms with van der Waals surface area (Å²) in [7, 11) is 0. The van der Waals surface area contributed by atoms with E-state index in [4.69, 9.17) is 9.97 Å². The number of aromatic nitrogens is 6. The fraction of sp³-hybridized carbons (Fsp3) is 0.214. The molecule has 6 heterocycles. The Bertz CT molecular complexity index is 3780. The lowest BCUT2D eigenvalue weighted by molar-refractivity contribution is 0.591. The van der Waals surface area contributed by atoms with Gasteiger partial charge in [0, 0.05) is 32.7 Å². The monoisotopic (exact) mass is 804 g/mol. The van der Waals surface area contributed by atoms with Crippen LogP contribution in [0, 0.1) is 27.7 Å². The Balaban J connectivity index is 1.43. The summed E-state index contributed by atoms with van der Waals surface area (Å²) in [6.45, 7) is 23.1. The van der Waals surface area contributed by atoms with Crippen LogP contribution in [0.5, 0.6) is 0 Å². The smallest absolute Gasteiger partial charge is 0.220 e. The van der Waals surface area contributed by atoms with E-state index in [-0.39, 0.29) is 10.8 Å². The minimum absolute atomic E-state index is 0.107. The number of fused-ring (bicyclic) bond motifs is 18. The Morgan fingerprint density at radius 3 is 1.11 bits per heavy atom. The van der Waals surface area contributed by atoms with E-state index in [0.717, 1.165) is 33.6 Å². The van der Waals surface area contributed by atoms with Crippen LogP contribution in [-0.2, 0) is 10.8 Å². The molecule has 0 saturated heterocycles. The van der Waals surface area contributed by atoms with E-state index in [2.05, 4.69) is 196 Å². The highest BCUT2D eigenvalue weighted by atomic mass is 15.2. The molecule has 0 aliphatic heterocycles. The van der Waals surface area contributed by atoms with Crippen LogP contribution in [0.3, 0.4) is 0 Å². The fourth-order valence-corrected chi connectivity index (χ4v) is 11.3. The summed E-state index contributed by atoms with van der Waals surface area (Å²) >= 11 is 0. The molecule has 6 nitrogen and oxygen atoms in total. The molecule has 0 aliphatic rings. The number of nitrogens with zero attached hydrogens (tertiary/aromatic N) is 6. The molecular weight excluding hydrogens is 757 g/mol. The molecule has 0 fully saturated rings. The van der Waals surface area contributed by atoms with Crippen molar-refractivity contribution in [3.63, 3.8) is 0 Å². The summed E-state index contributed by atoms with van der Waals surface area (Å²) in [6.07, 6.45) is 0. The lowest BCUT2D eigenvalue weighted by Gasteiger charge is -2.22. The molecule has 7 aromatic carbocycles. The molecule has 0 atom stereocenters. The standard InChI is InChI=1S/C56H48N6/c1-29-17-15-18-30(2)43(29)35-25-33(55(5,6)7)27-37-45-49-52-46(50-51(45)61(47(35)37)53-57-39-21-11-13-23-41(39)59(50)53)38-28-34(56(8,9)10)26-36(44-31(3)19-16-20-32(44)4)48(38)62(52)54-58-40-22-12-14-24-42(40)60(49)54/h11-28H,1-10H3. The fourth-order valence-electron chi connectivity index (χ4n) is 11.3. The van der Waals surface area contributed by atoms with Crippen LogP contribution in [0.15, 0.2) is 109 Å². The summed E-state index contributed by atoms with van der Waals surface area (Å²) < 4.78 is 10.0. The van der Waals surface area contributed by atoms with Crippen LogP contribution < -0.4 is 0 Å². The lowest BCUT2D eigenvalue weighted by atomic mass is 9.82. The predicted octanol–water partition coefficient (Wildman–Crippen LogP) is 14.4. The average Bonchev–Trinajstić information content (AvgIpc) is 4.05. The van der Waals surface area contributed by atoms with Crippen LogP contribution in [0.4, 0.5) is 0 Å². The molecule has 6 heteroatoms. The number of aryl methyl sites for hydroxylation is 4. The van der Waals surface area contributed by atoms with E-state index in [1.165, 1.54) is 110 Å². The topological polar surface area (TPSA) is 43.4 Å². The zero-order chi connectivity index (χ0) is 42.5. The maximum absolute atomic E-state index is 5.58. The van der Waals surface area contributed by atoms with Gasteiger partial charge in [-0.3, -0.25) is 17.6 Å². The quantitative estimate of drug-likeness (QED) is 0.175. The maximum atomic E-state index is 5.58. The summed E-state index contributed by atoms with van der Waals surface area (Å²) in [5.74, 6) is 1.88. The van der Waals surface area contributed by atoms with E-state index in [9.17, 15) is 0 Å². The molecule has 13 rings (SSSR count). The third-order valence-corrected chi connectivity index (χ3v) is 14.2. The summed E-state index contributed by atoms with van der Waals surface area (Å²) in [4.78, 5) is 11.2. The lowest BCUT2D eigenvalue weighted by Crippen LogP contribution is -2.11. The van der Waals surface area contributed by atoms with Crippen molar-refractivity contribution >= 4 is 88.3 Å². The van der Waals surface area contributed by atoms with Crippen LogP contribution in [0.2, 0.25) is 0 Å². The van der Waals surface area contributed by atoms with Gasteiger partial charge in [0.2, 0.25) is 11.6 Å². The summed E-state index contributed by atoms with van der Waals surface area (Å²) in [6, 6.07) is 40.7. The van der Waals surface area contributed by atoms with Crippen molar-refractivity contribution in [1.29, 1.82) is 0 Å². The first-order chi connectivity index (χ1) is 29.7. The second-order valence-electron chi connectivity index (χ2n) is 20.2. The normalized spacial score (nSPS) is 13.3. The summed E-state index contributed by atoms with van der Waals surface area (Å²) in [5, 5.41) is 4.97. The van der Waals surface area contributed by atoms with E-state index in [1.807, 2.05) is 0 Å². The van der Waals surface area contributed by atoms with Crippen molar-refractivity contribution < 1.29 is 0 Å². The largest absolute Gasteiger partial charge is 0.276 e. The molecule has 62 heavy (non-hydrogen) atoms. The van der Waals surface area contributed by atoms with Crippen molar-refractivity contribution in [2.45, 2.75) is 80.1 Å². The van der Waals surface area contributed by atoms with Gasteiger partial charge < -0.3 is 0 Å². The molecule has 6 aromatic heterocycles. The van der Waals surface area contributed by atoms with Gasteiger partial charge in [0.1, 0.15) is 0 Å². The second-order valence-corrected chi connectivity index (χ2v) is 20.2. The van der Waals surface area contributed by atoms with Gasteiger partial charge in [-0.2, -0.15) is 0 Å². The van der Waals surface area contributed by atoms with Gasteiger partial charge in [0.15, 0.2) is 0 Å². The third kappa shape index (κ3) is 4.30. The van der Waals surface area contributed by atoms with Crippen molar-refractivity contribution in [2.75, 3.05) is 0 Å². The van der Waals surface area contributed by atoms with Crippen molar-refractivity contribution in [3.8, 4) is 22.3 Å². The number of rotatable bonds is 2. The number of para-hydroxylation sites is 4. The average molecular weight is 805 g/mol. The van der Waals surface area contributed by atoms with E-state index < -0.39 is 0 Å². The molecule has 13 aromatic rings. The van der Waals surface area contributed by atoms with Crippen molar-refractivity contribution in [3.05, 3.63) is 143 Å². The Morgan fingerprint density at radius 1 is 0.387 bits per heavy atom. The highest BCUT2D eigenvalue weighted by molar-refractivity contribution is 6.38. The molecule has 0 saturated carbocycles. The van der Waals surface area contributed by atoms with Gasteiger partial charge in [0.05, 0.1) is 55.2 Å². The number of benzene rings is 7. The molecule has 0 unspecified atom stereocenters. The molecule has 0 amide bonds. The summed E-state index contributed by atoms with van der Waals surface area (Å²) in [5.41, 5.74) is 24.0. The highest BCUT2D eigenvalue weighted by Crippen LogP contribution is 2.53. The molecule has 0 bridgehead atoms. The van der Waals surface area contributed by atoms with Gasteiger partial charge in [-0.25, -0.2) is 9.97 Å². The number of hydrogen-bond acceptors (Lipinski definition) is 2. The zero-order valence-corrected chi connectivity index (χ0v) is 37.1. The molecule has 302 valence electrons. The van der Waals surface area contributed by atoms with Crippen molar-refractivity contribution in [1.82, 2.24) is 27.6 Å². The van der Waals surface area contributed by atoms with Crippen LogP contribution in [0.1, 0.15) is 74.9 Å². The Hall–Kier alpha value is -6.92. The first-order valence-electron chi connectivity index (χ1n) is 22.0. The molecule has 0 N–H and O–H groups in total. The van der Waals surface area contributed by atoms with E-state index in [0.29, 0.717) is 0 Å². The Morgan fingerprint density at radius 2 is 0.742 bits per heavy atom. The minimum atomic E-state index is -0.107. The second kappa shape index (κ2) is 11.5. The highest BCUT2D eigenvalue weighted by Gasteiger charge is 2.35. The molecule has 0 spiro atoms. The minimum Gasteiger partial charge on any atom is -0.276 e. The third-order valence-electron chi connectivity index (χ3n) is 14.2. The van der Waals surface area contributed by atoms with Gasteiger partial charge in [0.25, 0.3) is 0 Å². The molecule has 0 radical (unpaired) electrons. The maximum Gasteiger partial charge on any atom is 0.220 e. The van der Waals surface area contributed by atoms with E-state index in [1.54, 1.807) is 0 Å². The van der Waals surface area contributed by atoms with Crippen LogP contribution in [0.25, 0.3) is 111 Å². The predicted molar refractivity (Wildman–Crippen MR) is 260 cm³/mol. The SMILES string of the molecule is Cc1cccc(C)c1-c1cc(C(C)(C)C)cc2c3c4c5c(c6cc(C(C)(C)C)cc(-c7c(C)cccc7C)c6n5c5nc6ccccc6n45)c4c3n(c12)c1nc2ccccc2n41. The van der Waals surface area contributed by atoms with Gasteiger partial charge in [-0.05, 0) is 132 Å². The van der Waals surface area contributed by atoms with Gasteiger partial charge >= 0.3 is 0 Å². The van der Waals surface area contributed by atoms with Crippen molar-refractivity contribution in [2.24, 2.45) is 0 Å². The van der Waals surface area contributed by atoms with Gasteiger partial charge in [-0.1, -0.05) is 102 Å². The number of hydrogen-bond donors (Lipinski definition) is 0. The first kappa shape index (κ1) is 35.8. The zero-order valence-electron chi connectivity index (χ0n) is 37.1. The van der Waals surface area contributed by atoms with Gasteiger partial charge in [-0.15, -0.1) is 0 Å². The Kier molecular flexibility index (Phi) is 6.64. The van der Waals surface area contributed by atoms with Crippen LogP contribution >= 0.6 is 0 Å². The van der Waals surface area contributed by atoms with E-state index >= 15 is 0 Å². The molecule has 0 aliphatic carbocycles. The number of imidazole rings is 4. The molecular formula is C56H48N6. The first-order valence-corrected chi connectivity index (χ1v) is 22.0. The van der Waals surface area contributed by atoms with Crippen LogP contribution in [-0.4, -0.2) is 27.6 Å². The Labute approximate surface area is 359 Å².